The van der Waals surface area contributed by atoms with Crippen LogP contribution in [0.15, 0.2) is 23.1 Å². The van der Waals surface area contributed by atoms with Crippen molar-refractivity contribution in [3.05, 3.63) is 29.3 Å². The molecule has 0 aliphatic carbocycles. The van der Waals surface area contributed by atoms with Crippen molar-refractivity contribution in [1.82, 2.24) is 0 Å². The molecule has 0 spiro atoms. The summed E-state index contributed by atoms with van der Waals surface area (Å²) in [5, 5.41) is 7.01. The van der Waals surface area contributed by atoms with Crippen LogP contribution < -0.4 is 0 Å². The predicted octanol–water partition coefficient (Wildman–Crippen LogP) is 2.28. The number of nitrogens with one attached hydrogen (secondary N) is 1. The largest absolute Gasteiger partial charge is 0.308 e. The van der Waals surface area contributed by atoms with Crippen LogP contribution in [0.2, 0.25) is 0 Å². The zero-order chi connectivity index (χ0) is 7.56. The maximum absolute atomic E-state index is 7.01. The lowest BCUT2D eigenvalue weighted by molar-refractivity contribution is 1.35. The second kappa shape index (κ2) is 2.88. The van der Waals surface area contributed by atoms with Crippen LogP contribution in [0.25, 0.3) is 0 Å². The minimum absolute atomic E-state index is 0.947. The van der Waals surface area contributed by atoms with E-state index in [4.69, 9.17) is 5.41 Å². The summed E-state index contributed by atoms with van der Waals surface area (Å²) < 4.78 is 0. The molecule has 0 heterocycles. The van der Waals surface area contributed by atoms with Gasteiger partial charge in [0.2, 0.25) is 0 Å². The highest BCUT2D eigenvalue weighted by molar-refractivity contribution is 7.80. The van der Waals surface area contributed by atoms with E-state index >= 15 is 0 Å². The van der Waals surface area contributed by atoms with Crippen molar-refractivity contribution in [1.29, 1.82) is 5.41 Å². The van der Waals surface area contributed by atoms with Gasteiger partial charge in [0.1, 0.15) is 0 Å². The first-order valence-electron chi connectivity index (χ1n) is 3.04. The lowest BCUT2D eigenvalue weighted by atomic mass is 10.1. The van der Waals surface area contributed by atoms with Gasteiger partial charge in [-0.3, -0.25) is 0 Å². The third kappa shape index (κ3) is 1.39. The quantitative estimate of drug-likeness (QED) is 0.454. The summed E-state index contributed by atoms with van der Waals surface area (Å²) in [5.74, 6) is 0. The average molecular weight is 151 g/mol. The topological polar surface area (TPSA) is 23.9 Å². The molecule has 1 aromatic rings. The van der Waals surface area contributed by atoms with Crippen LogP contribution in [-0.2, 0) is 0 Å². The number of benzene rings is 1. The van der Waals surface area contributed by atoms with Crippen LogP contribution in [0, 0.1) is 12.3 Å². The van der Waals surface area contributed by atoms with E-state index < -0.39 is 0 Å². The number of hydrogen-bond donors (Lipinski definition) is 2. The van der Waals surface area contributed by atoms with E-state index in [2.05, 4.69) is 12.6 Å². The van der Waals surface area contributed by atoms with E-state index in [1.807, 2.05) is 25.1 Å². The Morgan fingerprint density at radius 3 is 2.70 bits per heavy atom. The predicted molar refractivity (Wildman–Crippen MR) is 46.3 cm³/mol. The molecule has 0 aliphatic rings. The van der Waals surface area contributed by atoms with Gasteiger partial charge < -0.3 is 5.41 Å². The fourth-order valence-electron chi connectivity index (χ4n) is 0.822. The molecule has 0 fully saturated rings. The van der Waals surface area contributed by atoms with Crippen LogP contribution in [0.5, 0.6) is 0 Å². The summed E-state index contributed by atoms with van der Waals surface area (Å²) in [6, 6.07) is 5.73. The fraction of sp³-hybridized carbons (Fsp3) is 0.125. The van der Waals surface area contributed by atoms with Crippen molar-refractivity contribution >= 4 is 18.8 Å². The molecule has 0 unspecified atom stereocenters. The number of aryl methyl sites for hydroxylation is 1. The lowest BCUT2D eigenvalue weighted by Crippen LogP contribution is -1.84. The summed E-state index contributed by atoms with van der Waals surface area (Å²) in [6.07, 6.45) is 1.35. The first-order chi connectivity index (χ1) is 4.74. The summed E-state index contributed by atoms with van der Waals surface area (Å²) >= 11 is 4.17. The third-order valence-electron chi connectivity index (χ3n) is 1.41. The van der Waals surface area contributed by atoms with Crippen LogP contribution in [0.3, 0.4) is 0 Å². The molecule has 0 aromatic heterocycles. The average Bonchev–Trinajstić information content (AvgIpc) is 1.88. The van der Waals surface area contributed by atoms with Crippen LogP contribution >= 0.6 is 12.6 Å². The highest BCUT2D eigenvalue weighted by atomic mass is 32.1. The smallest absolute Gasteiger partial charge is 0.0252 e. The van der Waals surface area contributed by atoms with Gasteiger partial charge in [-0.25, -0.2) is 0 Å². The minimum Gasteiger partial charge on any atom is -0.308 e. The second-order valence-corrected chi connectivity index (χ2v) is 2.70. The molecule has 0 bridgehead atoms. The molecular formula is C8H9NS. The maximum Gasteiger partial charge on any atom is 0.0252 e. The van der Waals surface area contributed by atoms with Gasteiger partial charge in [0.15, 0.2) is 0 Å². The van der Waals surface area contributed by atoms with Crippen LogP contribution in [0.4, 0.5) is 0 Å². The summed E-state index contributed by atoms with van der Waals surface area (Å²) in [6.45, 7) is 1.97. The highest BCUT2D eigenvalue weighted by Crippen LogP contribution is 2.11. The van der Waals surface area contributed by atoms with Gasteiger partial charge in [-0.1, -0.05) is 6.07 Å². The molecule has 0 amide bonds. The van der Waals surface area contributed by atoms with Crippen molar-refractivity contribution in [3.8, 4) is 0 Å². The Morgan fingerprint density at radius 1 is 1.50 bits per heavy atom. The van der Waals surface area contributed by atoms with Gasteiger partial charge in [-0.15, -0.1) is 12.6 Å². The van der Waals surface area contributed by atoms with Gasteiger partial charge in [-0.2, -0.15) is 0 Å². The minimum atomic E-state index is 0.947. The molecule has 0 saturated heterocycles. The van der Waals surface area contributed by atoms with Gasteiger partial charge in [-0.05, 0) is 30.2 Å². The van der Waals surface area contributed by atoms with Crippen molar-refractivity contribution in [2.45, 2.75) is 11.8 Å². The fourth-order valence-corrected chi connectivity index (χ4v) is 1.09. The van der Waals surface area contributed by atoms with E-state index in [0.29, 0.717) is 0 Å². The first-order valence-corrected chi connectivity index (χ1v) is 3.49. The Bertz CT molecular complexity index is 255. The molecule has 1 aromatic carbocycles. The Kier molecular flexibility index (Phi) is 2.12. The first kappa shape index (κ1) is 7.35. The maximum atomic E-state index is 7.01. The SMILES string of the molecule is Cc1cc(S)ccc1C=N. The summed E-state index contributed by atoms with van der Waals surface area (Å²) in [4.78, 5) is 0.947. The molecule has 0 radical (unpaired) electrons. The molecule has 2 heteroatoms. The van der Waals surface area contributed by atoms with E-state index in [0.717, 1.165) is 16.0 Å². The molecule has 52 valence electrons. The van der Waals surface area contributed by atoms with Crippen LogP contribution in [-0.4, -0.2) is 6.21 Å². The van der Waals surface area contributed by atoms with Crippen molar-refractivity contribution in [2.75, 3.05) is 0 Å². The molecule has 1 nitrogen and oxygen atoms in total. The van der Waals surface area contributed by atoms with Gasteiger partial charge in [0, 0.05) is 11.1 Å². The Balaban J connectivity index is 3.19. The normalized spacial score (nSPS) is 9.40. The number of rotatable bonds is 1. The monoisotopic (exact) mass is 151 g/mol. The Hall–Kier alpha value is -0.760. The second-order valence-electron chi connectivity index (χ2n) is 2.19. The zero-order valence-electron chi connectivity index (χ0n) is 5.76. The number of hydrogen-bond acceptors (Lipinski definition) is 2. The van der Waals surface area contributed by atoms with Gasteiger partial charge in [0.05, 0.1) is 0 Å². The third-order valence-corrected chi connectivity index (χ3v) is 1.69. The molecule has 1 N–H and O–H groups in total. The molecular weight excluding hydrogens is 142 g/mol. The number of thiol groups is 1. The van der Waals surface area contributed by atoms with Gasteiger partial charge in [0.25, 0.3) is 0 Å². The standard InChI is InChI=1S/C8H9NS/c1-6-4-8(10)3-2-7(6)5-9/h2-5,9-10H,1H3. The van der Waals surface area contributed by atoms with Crippen molar-refractivity contribution < 1.29 is 0 Å². The zero-order valence-corrected chi connectivity index (χ0v) is 6.65. The molecule has 0 aliphatic heterocycles. The molecule has 0 atom stereocenters. The highest BCUT2D eigenvalue weighted by Gasteiger charge is 1.92. The van der Waals surface area contributed by atoms with Crippen molar-refractivity contribution in [2.24, 2.45) is 0 Å². The van der Waals surface area contributed by atoms with Crippen LogP contribution in [0.1, 0.15) is 11.1 Å². The molecule has 10 heavy (non-hydrogen) atoms. The lowest BCUT2D eigenvalue weighted by Gasteiger charge is -1.98. The van der Waals surface area contributed by atoms with E-state index in [9.17, 15) is 0 Å². The molecule has 0 saturated carbocycles. The molecule has 1 rings (SSSR count). The van der Waals surface area contributed by atoms with Gasteiger partial charge >= 0.3 is 0 Å². The Morgan fingerprint density at radius 2 is 2.20 bits per heavy atom. The van der Waals surface area contributed by atoms with E-state index in [-0.39, 0.29) is 0 Å². The van der Waals surface area contributed by atoms with Crippen molar-refractivity contribution in [3.63, 3.8) is 0 Å². The summed E-state index contributed by atoms with van der Waals surface area (Å²) in [5.41, 5.74) is 2.06. The van der Waals surface area contributed by atoms with E-state index in [1.165, 1.54) is 6.21 Å². The van der Waals surface area contributed by atoms with E-state index in [1.54, 1.807) is 0 Å². The summed E-state index contributed by atoms with van der Waals surface area (Å²) in [7, 11) is 0. The Labute approximate surface area is 66.0 Å².